The van der Waals surface area contributed by atoms with Crippen molar-refractivity contribution in [1.82, 2.24) is 0 Å². The molecule has 8 heteroatoms. The number of allylic oxidation sites excluding steroid dienone is 4. The van der Waals surface area contributed by atoms with Crippen molar-refractivity contribution < 1.29 is 38.1 Å². The van der Waals surface area contributed by atoms with Gasteiger partial charge in [0.2, 0.25) is 0 Å². The molecule has 6 aromatic rings. The molecular weight excluding hydrogens is 789 g/mol. The van der Waals surface area contributed by atoms with Gasteiger partial charge in [-0.25, -0.2) is 19.2 Å². The normalized spacial score (nSPS) is 10.8. The average Bonchev–Trinajstić information content (AvgIpc) is 3.29. The molecule has 6 aromatic carbocycles. The highest BCUT2D eigenvalue weighted by Gasteiger charge is 2.27. The van der Waals surface area contributed by atoms with Crippen LogP contribution in [0.25, 0.3) is 0 Å². The molecule has 0 aliphatic carbocycles. The summed E-state index contributed by atoms with van der Waals surface area (Å²) in [6.45, 7) is 19.5. The zero-order chi connectivity index (χ0) is 44.9. The van der Waals surface area contributed by atoms with Crippen LogP contribution in [0.3, 0.4) is 0 Å². The van der Waals surface area contributed by atoms with Crippen LogP contribution in [0.1, 0.15) is 88.7 Å². The standard InChI is InChI=1S/C55H48O8/c1-7-17-37-21-11-13-27-47(37)60-51(56)41-23-15-25-43(33-41)53(58)62-49-31-29-45(35-39(49)19-9-3)55(5,6)46-30-32-50(40(36-46)20-10-4)63-54(59)44-26-16-24-42(34-44)52(57)61-48-28-14-12-22-38(48)18-8-2/h7-16,21-36H,1-4,17-20H2,5-6H3. The summed E-state index contributed by atoms with van der Waals surface area (Å²) in [5.41, 5.74) is 5.19. The number of rotatable bonds is 18. The van der Waals surface area contributed by atoms with Gasteiger partial charge < -0.3 is 18.9 Å². The third-order valence-electron chi connectivity index (χ3n) is 10.4. The van der Waals surface area contributed by atoms with Gasteiger partial charge in [0.15, 0.2) is 0 Å². The highest BCUT2D eigenvalue weighted by Crippen LogP contribution is 2.37. The lowest BCUT2D eigenvalue weighted by Gasteiger charge is -2.28. The number of hydrogen-bond acceptors (Lipinski definition) is 8. The van der Waals surface area contributed by atoms with Gasteiger partial charge in [-0.2, -0.15) is 0 Å². The van der Waals surface area contributed by atoms with Gasteiger partial charge in [0.25, 0.3) is 0 Å². The number of para-hydroxylation sites is 2. The molecule has 0 heterocycles. The van der Waals surface area contributed by atoms with Gasteiger partial charge in [0, 0.05) is 5.41 Å². The first-order chi connectivity index (χ1) is 30.4. The van der Waals surface area contributed by atoms with E-state index in [9.17, 15) is 19.2 Å². The Morgan fingerprint density at radius 2 is 0.698 bits per heavy atom. The van der Waals surface area contributed by atoms with E-state index in [1.165, 1.54) is 12.1 Å². The van der Waals surface area contributed by atoms with E-state index in [1.54, 1.807) is 97.1 Å². The fourth-order valence-corrected chi connectivity index (χ4v) is 6.97. The summed E-state index contributed by atoms with van der Waals surface area (Å²) in [4.78, 5) is 53.3. The average molecular weight is 837 g/mol. The molecule has 0 fully saturated rings. The van der Waals surface area contributed by atoms with Crippen LogP contribution in [0.5, 0.6) is 23.0 Å². The molecule has 0 N–H and O–H groups in total. The van der Waals surface area contributed by atoms with Crippen LogP contribution in [0.4, 0.5) is 0 Å². The van der Waals surface area contributed by atoms with Crippen molar-refractivity contribution in [3.05, 3.63) is 240 Å². The lowest BCUT2D eigenvalue weighted by atomic mass is 9.76. The quantitative estimate of drug-likeness (QED) is 0.0479. The molecule has 0 aliphatic rings. The number of carbonyl (C=O) groups is 4. The highest BCUT2D eigenvalue weighted by atomic mass is 16.5. The predicted octanol–water partition coefficient (Wildman–Crippen LogP) is 11.8. The molecule has 0 spiro atoms. The maximum atomic E-state index is 13.5. The Morgan fingerprint density at radius 1 is 0.397 bits per heavy atom. The zero-order valence-electron chi connectivity index (χ0n) is 35.4. The molecule has 6 rings (SSSR count). The summed E-state index contributed by atoms with van der Waals surface area (Å²) in [6, 6.07) is 38.2. The summed E-state index contributed by atoms with van der Waals surface area (Å²) < 4.78 is 23.2. The second-order valence-corrected chi connectivity index (χ2v) is 15.2. The molecule has 0 aromatic heterocycles. The Morgan fingerprint density at radius 3 is 1.03 bits per heavy atom. The number of hydrogen-bond donors (Lipinski definition) is 0. The maximum absolute atomic E-state index is 13.5. The van der Waals surface area contributed by atoms with E-state index < -0.39 is 29.3 Å². The monoisotopic (exact) mass is 836 g/mol. The summed E-state index contributed by atoms with van der Waals surface area (Å²) in [5, 5.41) is 0. The van der Waals surface area contributed by atoms with Gasteiger partial charge in [-0.05, 0) is 120 Å². The third kappa shape index (κ3) is 10.9. The van der Waals surface area contributed by atoms with Crippen LogP contribution in [-0.4, -0.2) is 23.9 Å². The van der Waals surface area contributed by atoms with Gasteiger partial charge in [0.1, 0.15) is 23.0 Å². The van der Waals surface area contributed by atoms with E-state index >= 15 is 0 Å². The van der Waals surface area contributed by atoms with Crippen molar-refractivity contribution in [2.45, 2.75) is 44.9 Å². The van der Waals surface area contributed by atoms with Crippen molar-refractivity contribution >= 4 is 23.9 Å². The van der Waals surface area contributed by atoms with Gasteiger partial charge in [-0.1, -0.05) is 111 Å². The van der Waals surface area contributed by atoms with Crippen LogP contribution in [-0.2, 0) is 31.1 Å². The molecule has 0 unspecified atom stereocenters. The molecule has 63 heavy (non-hydrogen) atoms. The number of benzene rings is 6. The first-order valence-corrected chi connectivity index (χ1v) is 20.4. The van der Waals surface area contributed by atoms with Crippen LogP contribution in [0.15, 0.2) is 184 Å². The van der Waals surface area contributed by atoms with Crippen LogP contribution >= 0.6 is 0 Å². The number of ether oxygens (including phenoxy) is 4. The van der Waals surface area contributed by atoms with E-state index in [-0.39, 0.29) is 22.3 Å². The summed E-state index contributed by atoms with van der Waals surface area (Å²) in [6.07, 6.45) is 8.83. The summed E-state index contributed by atoms with van der Waals surface area (Å²) in [7, 11) is 0. The van der Waals surface area contributed by atoms with Gasteiger partial charge in [-0.15, -0.1) is 26.3 Å². The Balaban J connectivity index is 1.18. The van der Waals surface area contributed by atoms with E-state index in [2.05, 4.69) is 40.2 Å². The van der Waals surface area contributed by atoms with Crippen LogP contribution in [0, 0.1) is 0 Å². The predicted molar refractivity (Wildman–Crippen MR) is 246 cm³/mol. The summed E-state index contributed by atoms with van der Waals surface area (Å²) in [5.74, 6) is -0.918. The molecule has 0 saturated carbocycles. The molecule has 0 atom stereocenters. The van der Waals surface area contributed by atoms with E-state index in [0.717, 1.165) is 33.4 Å². The Labute approximate surface area is 368 Å². The Bertz CT molecular complexity index is 2540. The van der Waals surface area contributed by atoms with E-state index in [4.69, 9.17) is 18.9 Å². The Kier molecular flexibility index (Phi) is 14.6. The third-order valence-corrected chi connectivity index (χ3v) is 10.4. The van der Waals surface area contributed by atoms with Crippen LogP contribution in [0.2, 0.25) is 0 Å². The van der Waals surface area contributed by atoms with Gasteiger partial charge in [0.05, 0.1) is 22.3 Å². The van der Waals surface area contributed by atoms with Gasteiger partial charge >= 0.3 is 23.9 Å². The van der Waals surface area contributed by atoms with Crippen molar-refractivity contribution in [1.29, 1.82) is 0 Å². The Hall–Kier alpha value is -7.84. The van der Waals surface area contributed by atoms with E-state index in [0.29, 0.717) is 48.7 Å². The van der Waals surface area contributed by atoms with Crippen molar-refractivity contribution in [2.24, 2.45) is 0 Å². The molecule has 0 bridgehead atoms. The largest absolute Gasteiger partial charge is 0.423 e. The fourth-order valence-electron chi connectivity index (χ4n) is 6.97. The van der Waals surface area contributed by atoms with Crippen molar-refractivity contribution in [2.75, 3.05) is 0 Å². The zero-order valence-corrected chi connectivity index (χ0v) is 35.4. The minimum atomic E-state index is -0.634. The smallest absolute Gasteiger partial charge is 0.343 e. The number of carbonyl (C=O) groups excluding carboxylic acids is 4. The second kappa shape index (κ2) is 20.6. The molecule has 316 valence electrons. The molecule has 0 amide bonds. The first kappa shape index (κ1) is 44.7. The minimum absolute atomic E-state index is 0.185. The van der Waals surface area contributed by atoms with E-state index in [1.807, 2.05) is 48.5 Å². The van der Waals surface area contributed by atoms with Crippen LogP contribution < -0.4 is 18.9 Å². The first-order valence-electron chi connectivity index (χ1n) is 20.4. The molecule has 0 aliphatic heterocycles. The molecular formula is C55H48O8. The lowest BCUT2D eigenvalue weighted by molar-refractivity contribution is 0.0714. The van der Waals surface area contributed by atoms with Crippen molar-refractivity contribution in [3.63, 3.8) is 0 Å². The molecule has 8 nitrogen and oxygen atoms in total. The lowest BCUT2D eigenvalue weighted by Crippen LogP contribution is -2.20. The number of esters is 4. The van der Waals surface area contributed by atoms with Gasteiger partial charge in [-0.3, -0.25) is 0 Å². The minimum Gasteiger partial charge on any atom is -0.423 e. The summed E-state index contributed by atoms with van der Waals surface area (Å²) >= 11 is 0. The maximum Gasteiger partial charge on any atom is 0.343 e. The molecule has 0 saturated heterocycles. The van der Waals surface area contributed by atoms with Crippen molar-refractivity contribution in [3.8, 4) is 23.0 Å². The SMILES string of the molecule is C=CCc1ccccc1OC(=O)c1cccc(C(=O)Oc2ccc(C(C)(C)c3ccc(OC(=O)c4cccc(C(=O)Oc5ccccc5CC=C)c4)c(CC=C)c3)cc2CC=C)c1. The highest BCUT2D eigenvalue weighted by molar-refractivity contribution is 5.98. The fraction of sp³-hybridized carbons (Fsp3) is 0.127. The molecule has 0 radical (unpaired) electrons. The topological polar surface area (TPSA) is 105 Å². The second-order valence-electron chi connectivity index (χ2n) is 15.2.